The Bertz CT molecular complexity index is 689. The van der Waals surface area contributed by atoms with Gasteiger partial charge >= 0.3 is 0 Å². The third kappa shape index (κ3) is 1.86. The fourth-order valence-corrected chi connectivity index (χ4v) is 2.90. The minimum atomic E-state index is 0.00613. The van der Waals surface area contributed by atoms with Crippen LogP contribution in [-0.2, 0) is 13.5 Å². The maximum absolute atomic E-state index is 12.8. The van der Waals surface area contributed by atoms with Gasteiger partial charge in [-0.3, -0.25) is 9.48 Å². The molecule has 0 radical (unpaired) electrons. The van der Waals surface area contributed by atoms with E-state index in [-0.39, 0.29) is 11.9 Å². The van der Waals surface area contributed by atoms with E-state index in [0.717, 1.165) is 29.1 Å². The molecule has 5 nitrogen and oxygen atoms in total. The Morgan fingerprint density at radius 3 is 2.85 bits per heavy atom. The molecule has 20 heavy (non-hydrogen) atoms. The number of hydrogen-bond acceptors (Lipinski definition) is 3. The van der Waals surface area contributed by atoms with Crippen molar-refractivity contribution in [2.24, 2.45) is 7.05 Å². The minimum absolute atomic E-state index is 0.00613. The van der Waals surface area contributed by atoms with Crippen LogP contribution in [-0.4, -0.2) is 21.7 Å². The molecule has 3 rings (SSSR count). The highest BCUT2D eigenvalue weighted by atomic mass is 16.2. The van der Waals surface area contributed by atoms with Gasteiger partial charge in [0.1, 0.15) is 0 Å². The molecular formula is C15H18N4O. The summed E-state index contributed by atoms with van der Waals surface area (Å²) in [5, 5.41) is 4.25. The monoisotopic (exact) mass is 270 g/mol. The zero-order valence-electron chi connectivity index (χ0n) is 11.9. The Kier molecular flexibility index (Phi) is 2.78. The number of hydrogen-bond donors (Lipinski definition) is 1. The summed E-state index contributed by atoms with van der Waals surface area (Å²) in [7, 11) is 1.83. The van der Waals surface area contributed by atoms with Crippen molar-refractivity contribution in [3.8, 4) is 0 Å². The third-order valence-electron chi connectivity index (χ3n) is 3.78. The second-order valence-electron chi connectivity index (χ2n) is 5.42. The molecule has 1 aliphatic rings. The number of carbonyl (C=O) groups is 1. The van der Waals surface area contributed by atoms with E-state index in [4.69, 9.17) is 5.73 Å². The van der Waals surface area contributed by atoms with Gasteiger partial charge in [-0.1, -0.05) is 0 Å². The summed E-state index contributed by atoms with van der Waals surface area (Å²) >= 11 is 0. The lowest BCUT2D eigenvalue weighted by molar-refractivity contribution is 0.0981. The van der Waals surface area contributed by atoms with Gasteiger partial charge in [-0.2, -0.15) is 5.10 Å². The Labute approximate surface area is 118 Å². The number of aromatic nitrogens is 2. The van der Waals surface area contributed by atoms with Crippen LogP contribution < -0.4 is 10.6 Å². The number of fused-ring (bicyclic) bond motifs is 1. The van der Waals surface area contributed by atoms with Crippen molar-refractivity contribution in [2.45, 2.75) is 26.3 Å². The van der Waals surface area contributed by atoms with Crippen molar-refractivity contribution in [3.05, 3.63) is 41.2 Å². The summed E-state index contributed by atoms with van der Waals surface area (Å²) in [4.78, 5) is 14.6. The standard InChI is InChI=1S/C15H18N4O/c1-9-6-11-7-12(16)4-5-14(11)19(9)15(20)13-8-18(3)17-10(13)2/h4-5,7-9H,6,16H2,1-3H3. The first-order valence-electron chi connectivity index (χ1n) is 6.69. The number of amides is 1. The third-order valence-corrected chi connectivity index (χ3v) is 3.78. The van der Waals surface area contributed by atoms with Crippen LogP contribution in [0.15, 0.2) is 24.4 Å². The maximum Gasteiger partial charge on any atom is 0.262 e. The first-order valence-corrected chi connectivity index (χ1v) is 6.69. The summed E-state index contributed by atoms with van der Waals surface area (Å²) in [6.07, 6.45) is 2.62. The lowest BCUT2D eigenvalue weighted by Crippen LogP contribution is -2.35. The zero-order chi connectivity index (χ0) is 14.4. The lowest BCUT2D eigenvalue weighted by atomic mass is 10.1. The second-order valence-corrected chi connectivity index (χ2v) is 5.42. The Hall–Kier alpha value is -2.30. The van der Waals surface area contributed by atoms with E-state index >= 15 is 0 Å². The average Bonchev–Trinajstić information content (AvgIpc) is 2.87. The smallest absolute Gasteiger partial charge is 0.262 e. The Morgan fingerprint density at radius 2 is 2.20 bits per heavy atom. The number of nitrogen functional groups attached to an aromatic ring is 1. The number of aryl methyl sites for hydroxylation is 2. The van der Waals surface area contributed by atoms with E-state index < -0.39 is 0 Å². The predicted molar refractivity (Wildman–Crippen MR) is 78.8 cm³/mol. The molecule has 1 amide bonds. The molecule has 0 bridgehead atoms. The van der Waals surface area contributed by atoms with Gasteiger partial charge in [0, 0.05) is 30.7 Å². The Morgan fingerprint density at radius 1 is 1.45 bits per heavy atom. The first-order chi connectivity index (χ1) is 9.47. The van der Waals surface area contributed by atoms with Crippen molar-refractivity contribution in [3.63, 3.8) is 0 Å². The highest BCUT2D eigenvalue weighted by Crippen LogP contribution is 2.34. The number of anilines is 2. The maximum atomic E-state index is 12.8. The van der Waals surface area contributed by atoms with E-state index in [1.165, 1.54) is 0 Å². The molecule has 0 spiro atoms. The van der Waals surface area contributed by atoms with Crippen molar-refractivity contribution < 1.29 is 4.79 Å². The van der Waals surface area contributed by atoms with Gasteiger partial charge in [-0.25, -0.2) is 0 Å². The minimum Gasteiger partial charge on any atom is -0.399 e. The van der Waals surface area contributed by atoms with E-state index in [1.54, 1.807) is 10.9 Å². The summed E-state index contributed by atoms with van der Waals surface area (Å²) in [5.41, 5.74) is 10.1. The van der Waals surface area contributed by atoms with Gasteiger partial charge in [0.05, 0.1) is 11.3 Å². The van der Waals surface area contributed by atoms with Crippen LogP contribution in [0.5, 0.6) is 0 Å². The molecule has 0 saturated heterocycles. The second kappa shape index (κ2) is 4.37. The quantitative estimate of drug-likeness (QED) is 0.805. The molecule has 5 heteroatoms. The van der Waals surface area contributed by atoms with Crippen LogP contribution in [0.2, 0.25) is 0 Å². The fraction of sp³-hybridized carbons (Fsp3) is 0.333. The number of nitrogens with two attached hydrogens (primary N) is 1. The van der Waals surface area contributed by atoms with E-state index in [9.17, 15) is 4.79 Å². The number of rotatable bonds is 1. The molecule has 1 aliphatic heterocycles. The fourth-order valence-electron chi connectivity index (χ4n) is 2.90. The van der Waals surface area contributed by atoms with Crippen LogP contribution in [0.25, 0.3) is 0 Å². The average molecular weight is 270 g/mol. The van der Waals surface area contributed by atoms with E-state index in [0.29, 0.717) is 5.56 Å². The molecule has 1 unspecified atom stereocenters. The van der Waals surface area contributed by atoms with Crippen molar-refractivity contribution in [1.82, 2.24) is 9.78 Å². The molecule has 2 heterocycles. The predicted octanol–water partition coefficient (Wildman–Crippen LogP) is 1.90. The lowest BCUT2D eigenvalue weighted by Gasteiger charge is -2.22. The topological polar surface area (TPSA) is 64.2 Å². The van der Waals surface area contributed by atoms with Crippen LogP contribution >= 0.6 is 0 Å². The van der Waals surface area contributed by atoms with Gasteiger partial charge < -0.3 is 10.6 Å². The number of nitrogens with zero attached hydrogens (tertiary/aromatic N) is 3. The molecule has 104 valence electrons. The number of benzene rings is 1. The largest absolute Gasteiger partial charge is 0.399 e. The molecule has 0 fully saturated rings. The van der Waals surface area contributed by atoms with Gasteiger partial charge in [0.15, 0.2) is 0 Å². The summed E-state index contributed by atoms with van der Waals surface area (Å²) in [5.74, 6) is 0.00613. The normalized spacial score (nSPS) is 17.4. The van der Waals surface area contributed by atoms with Crippen molar-refractivity contribution in [1.29, 1.82) is 0 Å². The Balaban J connectivity index is 2.03. The van der Waals surface area contributed by atoms with Gasteiger partial charge in [0.2, 0.25) is 0 Å². The summed E-state index contributed by atoms with van der Waals surface area (Å²) < 4.78 is 1.67. The molecule has 0 aliphatic carbocycles. The van der Waals surface area contributed by atoms with Gasteiger partial charge in [-0.15, -0.1) is 0 Å². The highest BCUT2D eigenvalue weighted by molar-refractivity contribution is 6.08. The van der Waals surface area contributed by atoms with Crippen LogP contribution in [0.3, 0.4) is 0 Å². The molecule has 2 N–H and O–H groups in total. The van der Waals surface area contributed by atoms with Gasteiger partial charge in [-0.05, 0) is 44.0 Å². The van der Waals surface area contributed by atoms with Crippen LogP contribution in [0.1, 0.15) is 28.5 Å². The van der Waals surface area contributed by atoms with E-state index in [2.05, 4.69) is 12.0 Å². The SMILES string of the molecule is Cc1nn(C)cc1C(=O)N1c2ccc(N)cc2CC1C. The molecular weight excluding hydrogens is 252 g/mol. The summed E-state index contributed by atoms with van der Waals surface area (Å²) in [6, 6.07) is 5.86. The van der Waals surface area contributed by atoms with Gasteiger partial charge in [0.25, 0.3) is 5.91 Å². The van der Waals surface area contributed by atoms with Crippen molar-refractivity contribution >= 4 is 17.3 Å². The highest BCUT2D eigenvalue weighted by Gasteiger charge is 2.32. The number of carbonyl (C=O) groups excluding carboxylic acids is 1. The zero-order valence-corrected chi connectivity index (χ0v) is 11.9. The summed E-state index contributed by atoms with van der Waals surface area (Å²) in [6.45, 7) is 3.91. The molecule has 0 saturated carbocycles. The molecule has 2 aromatic rings. The molecule has 1 atom stereocenters. The van der Waals surface area contributed by atoms with Crippen LogP contribution in [0, 0.1) is 6.92 Å². The van der Waals surface area contributed by atoms with Crippen molar-refractivity contribution in [2.75, 3.05) is 10.6 Å². The molecule has 1 aromatic carbocycles. The first kappa shape index (κ1) is 12.7. The molecule has 1 aromatic heterocycles. The van der Waals surface area contributed by atoms with E-state index in [1.807, 2.05) is 37.1 Å². The van der Waals surface area contributed by atoms with Crippen LogP contribution in [0.4, 0.5) is 11.4 Å².